The predicted octanol–water partition coefficient (Wildman–Crippen LogP) is 4.98. The molecule has 2 aromatic heterocycles. The summed E-state index contributed by atoms with van der Waals surface area (Å²) in [6, 6.07) is 10.00. The van der Waals surface area contributed by atoms with Crippen molar-refractivity contribution >= 4 is 23.6 Å². The van der Waals surface area contributed by atoms with E-state index in [2.05, 4.69) is 24.0 Å². The van der Waals surface area contributed by atoms with Crippen molar-refractivity contribution < 1.29 is 4.79 Å². The minimum absolute atomic E-state index is 0.0988. The van der Waals surface area contributed by atoms with Crippen LogP contribution in [0.15, 0.2) is 36.4 Å². The van der Waals surface area contributed by atoms with Gasteiger partial charge in [0.05, 0.1) is 17.1 Å². The molecule has 0 saturated carbocycles. The Morgan fingerprint density at radius 1 is 1.13 bits per heavy atom. The van der Waals surface area contributed by atoms with Gasteiger partial charge in [-0.25, -0.2) is 4.68 Å². The average molecular weight is 440 g/mol. The second-order valence-electron chi connectivity index (χ2n) is 8.29. The number of nitrogens with zero attached hydrogens (tertiary/aromatic N) is 5. The lowest BCUT2D eigenvalue weighted by Crippen LogP contribution is -2.24. The lowest BCUT2D eigenvalue weighted by atomic mass is 10.1. The fourth-order valence-corrected chi connectivity index (χ4v) is 3.85. The molecule has 0 radical (unpaired) electrons. The first-order chi connectivity index (χ1) is 14.7. The number of benzene rings is 1. The van der Waals surface area contributed by atoms with E-state index >= 15 is 0 Å². The zero-order chi connectivity index (χ0) is 22.7. The number of aromatic nitrogens is 4. The Morgan fingerprint density at radius 2 is 1.81 bits per heavy atom. The van der Waals surface area contributed by atoms with Gasteiger partial charge in [-0.1, -0.05) is 43.6 Å². The van der Waals surface area contributed by atoms with Crippen LogP contribution in [0.3, 0.4) is 0 Å². The molecule has 164 valence electrons. The van der Waals surface area contributed by atoms with Crippen molar-refractivity contribution in [1.29, 1.82) is 0 Å². The Kier molecular flexibility index (Phi) is 7.01. The number of likely N-dealkylation sites (N-methyl/N-ethyl adjacent to an activating group) is 1. The van der Waals surface area contributed by atoms with E-state index in [1.54, 1.807) is 28.8 Å². The fraction of sp³-hybridized carbons (Fsp3) is 0.375. The number of para-hydroxylation sites is 1. The van der Waals surface area contributed by atoms with Gasteiger partial charge < -0.3 is 4.90 Å². The second kappa shape index (κ2) is 9.52. The van der Waals surface area contributed by atoms with Gasteiger partial charge in [0.25, 0.3) is 0 Å². The lowest BCUT2D eigenvalue weighted by Gasteiger charge is -2.15. The minimum Gasteiger partial charge on any atom is -0.338 e. The topological polar surface area (TPSA) is 56.0 Å². The number of carbonyl (C=O) groups excluding carboxylic acids is 1. The average Bonchev–Trinajstić information content (AvgIpc) is 3.15. The highest BCUT2D eigenvalue weighted by atomic mass is 35.5. The monoisotopic (exact) mass is 439 g/mol. The molecule has 3 aromatic rings. The molecule has 0 fully saturated rings. The maximum atomic E-state index is 12.8. The number of aryl methyl sites for hydroxylation is 2. The molecule has 0 unspecified atom stereocenters. The summed E-state index contributed by atoms with van der Waals surface area (Å²) in [5, 5.41) is 9.72. The molecule has 0 aliphatic heterocycles. The van der Waals surface area contributed by atoms with E-state index in [1.165, 1.54) is 0 Å². The number of amides is 1. The lowest BCUT2D eigenvalue weighted by molar-refractivity contribution is -0.125. The van der Waals surface area contributed by atoms with Gasteiger partial charge in [0, 0.05) is 43.0 Å². The molecule has 0 saturated heterocycles. The van der Waals surface area contributed by atoms with Crippen LogP contribution in [0.1, 0.15) is 42.1 Å². The standard InChI is InChI=1S/C24H30ClN5O/c1-16(2)14-29-24(25)21(17(3)26-29)12-13-23(31)28(6)15-22-18(4)27-30(19(22)5)20-10-8-7-9-11-20/h7-13,16H,14-15H2,1-6H3. The summed E-state index contributed by atoms with van der Waals surface area (Å²) in [5.74, 6) is 0.336. The number of rotatable bonds is 7. The van der Waals surface area contributed by atoms with Crippen LogP contribution in [0, 0.1) is 26.7 Å². The molecule has 6 nitrogen and oxygen atoms in total. The van der Waals surface area contributed by atoms with Crippen LogP contribution in [0.2, 0.25) is 5.15 Å². The molecule has 0 aliphatic carbocycles. The van der Waals surface area contributed by atoms with E-state index < -0.39 is 0 Å². The van der Waals surface area contributed by atoms with Gasteiger partial charge in [-0.3, -0.25) is 9.48 Å². The number of hydrogen-bond acceptors (Lipinski definition) is 3. The van der Waals surface area contributed by atoms with Gasteiger partial charge in [0.2, 0.25) is 5.91 Å². The summed E-state index contributed by atoms with van der Waals surface area (Å²) in [5.41, 5.74) is 5.60. The summed E-state index contributed by atoms with van der Waals surface area (Å²) >= 11 is 6.48. The predicted molar refractivity (Wildman–Crippen MR) is 125 cm³/mol. The molecule has 3 rings (SSSR count). The number of halogens is 1. The number of hydrogen-bond donors (Lipinski definition) is 0. The minimum atomic E-state index is -0.0988. The Balaban J connectivity index is 1.75. The van der Waals surface area contributed by atoms with Gasteiger partial charge in [-0.05, 0) is 44.9 Å². The third-order valence-corrected chi connectivity index (χ3v) is 5.65. The third kappa shape index (κ3) is 5.07. The van der Waals surface area contributed by atoms with Crippen LogP contribution in [0.25, 0.3) is 11.8 Å². The van der Waals surface area contributed by atoms with Gasteiger partial charge in [-0.2, -0.15) is 10.2 Å². The highest BCUT2D eigenvalue weighted by Crippen LogP contribution is 2.23. The molecule has 2 heterocycles. The smallest absolute Gasteiger partial charge is 0.246 e. The summed E-state index contributed by atoms with van der Waals surface area (Å²) in [7, 11) is 1.79. The van der Waals surface area contributed by atoms with E-state index in [0.717, 1.165) is 40.4 Å². The van der Waals surface area contributed by atoms with Crippen molar-refractivity contribution in [2.45, 2.75) is 47.7 Å². The van der Waals surface area contributed by atoms with Crippen molar-refractivity contribution in [2.24, 2.45) is 5.92 Å². The van der Waals surface area contributed by atoms with Crippen molar-refractivity contribution in [2.75, 3.05) is 7.05 Å². The van der Waals surface area contributed by atoms with Crippen LogP contribution in [0.5, 0.6) is 0 Å². The summed E-state index contributed by atoms with van der Waals surface area (Å²) in [6.45, 7) is 11.4. The third-order valence-electron chi connectivity index (χ3n) is 5.25. The van der Waals surface area contributed by atoms with E-state index in [-0.39, 0.29) is 5.91 Å². The molecule has 0 atom stereocenters. The fourth-order valence-electron chi connectivity index (χ4n) is 3.54. The molecule has 31 heavy (non-hydrogen) atoms. The van der Waals surface area contributed by atoms with E-state index in [9.17, 15) is 4.79 Å². The maximum Gasteiger partial charge on any atom is 0.246 e. The maximum absolute atomic E-state index is 12.8. The number of carbonyl (C=O) groups is 1. The Bertz CT molecular complexity index is 1100. The first-order valence-corrected chi connectivity index (χ1v) is 10.8. The van der Waals surface area contributed by atoms with E-state index in [4.69, 9.17) is 11.6 Å². The molecule has 1 amide bonds. The van der Waals surface area contributed by atoms with Crippen LogP contribution in [-0.2, 0) is 17.9 Å². The summed E-state index contributed by atoms with van der Waals surface area (Å²) < 4.78 is 3.71. The molecule has 0 bridgehead atoms. The largest absolute Gasteiger partial charge is 0.338 e. The molecule has 0 N–H and O–H groups in total. The van der Waals surface area contributed by atoms with Crippen LogP contribution in [0.4, 0.5) is 0 Å². The Morgan fingerprint density at radius 3 is 2.45 bits per heavy atom. The molecular formula is C24H30ClN5O. The van der Waals surface area contributed by atoms with E-state index in [0.29, 0.717) is 17.6 Å². The molecule has 0 spiro atoms. The summed E-state index contributed by atoms with van der Waals surface area (Å²) in [4.78, 5) is 14.5. The molecule has 1 aromatic carbocycles. The van der Waals surface area contributed by atoms with Crippen LogP contribution >= 0.6 is 11.6 Å². The second-order valence-corrected chi connectivity index (χ2v) is 8.65. The highest BCUT2D eigenvalue weighted by molar-refractivity contribution is 6.31. The van der Waals surface area contributed by atoms with Crippen molar-refractivity contribution in [3.63, 3.8) is 0 Å². The zero-order valence-corrected chi connectivity index (χ0v) is 19.8. The SMILES string of the molecule is Cc1nn(CC(C)C)c(Cl)c1C=CC(=O)N(C)Cc1c(C)nn(-c2ccccc2)c1C. The van der Waals surface area contributed by atoms with Crippen molar-refractivity contribution in [3.8, 4) is 5.69 Å². The van der Waals surface area contributed by atoms with E-state index in [1.807, 2.05) is 55.8 Å². The van der Waals surface area contributed by atoms with Crippen LogP contribution in [-0.4, -0.2) is 37.4 Å². The Labute approximate surface area is 189 Å². The first-order valence-electron chi connectivity index (χ1n) is 10.5. The quantitative estimate of drug-likeness (QED) is 0.488. The summed E-state index contributed by atoms with van der Waals surface area (Å²) in [6.07, 6.45) is 3.31. The zero-order valence-electron chi connectivity index (χ0n) is 19.1. The van der Waals surface area contributed by atoms with Gasteiger partial charge >= 0.3 is 0 Å². The molecule has 0 aliphatic rings. The highest BCUT2D eigenvalue weighted by Gasteiger charge is 2.17. The normalized spacial score (nSPS) is 11.6. The van der Waals surface area contributed by atoms with Gasteiger partial charge in [0.1, 0.15) is 5.15 Å². The van der Waals surface area contributed by atoms with Gasteiger partial charge in [-0.15, -0.1) is 0 Å². The van der Waals surface area contributed by atoms with Crippen molar-refractivity contribution in [1.82, 2.24) is 24.5 Å². The van der Waals surface area contributed by atoms with Crippen LogP contribution < -0.4 is 0 Å². The Hall–Kier alpha value is -2.86. The molecule has 7 heteroatoms. The molecular weight excluding hydrogens is 410 g/mol. The van der Waals surface area contributed by atoms with Gasteiger partial charge in [0.15, 0.2) is 0 Å². The first kappa shape index (κ1) is 22.8. The van der Waals surface area contributed by atoms with Crippen molar-refractivity contribution in [3.05, 3.63) is 69.8 Å².